The summed E-state index contributed by atoms with van der Waals surface area (Å²) in [4.78, 5) is 33.9. The third-order valence-electron chi connectivity index (χ3n) is 5.20. The van der Waals surface area contributed by atoms with E-state index in [1.165, 1.54) is 18.6 Å². The highest BCUT2D eigenvalue weighted by atomic mass is 16.2. The van der Waals surface area contributed by atoms with E-state index in [-0.39, 0.29) is 28.7 Å². The van der Waals surface area contributed by atoms with E-state index in [0.29, 0.717) is 18.8 Å². The Morgan fingerprint density at radius 2 is 1.76 bits per heavy atom. The van der Waals surface area contributed by atoms with Gasteiger partial charge in [-0.3, -0.25) is 14.6 Å². The number of aromatic nitrogens is 2. The standard InChI is InChI=1S/C24H33N3O2/c1-17(2)13-19(24(3,4)5)15-22(28)20(14-18-9-7-6-8-10-18)27-23(29)21-16-25-11-12-26-21/h6-12,16-17,19-20H,13-15H2,1-5H3,(H,27,29)/t19-,20+/m1/s1. The van der Waals surface area contributed by atoms with E-state index in [1.807, 2.05) is 30.3 Å². The Kier molecular flexibility index (Phi) is 8.06. The molecule has 0 aliphatic carbocycles. The smallest absolute Gasteiger partial charge is 0.272 e. The Hall–Kier alpha value is -2.56. The number of carbonyl (C=O) groups excluding carboxylic acids is 2. The maximum absolute atomic E-state index is 13.3. The highest BCUT2D eigenvalue weighted by molar-refractivity contribution is 5.96. The van der Waals surface area contributed by atoms with Crippen LogP contribution in [0.25, 0.3) is 0 Å². The average Bonchev–Trinajstić information content (AvgIpc) is 2.67. The summed E-state index contributed by atoms with van der Waals surface area (Å²) < 4.78 is 0. The van der Waals surface area contributed by atoms with Gasteiger partial charge in [-0.25, -0.2) is 4.98 Å². The lowest BCUT2D eigenvalue weighted by Gasteiger charge is -2.33. The van der Waals surface area contributed by atoms with Crippen molar-refractivity contribution >= 4 is 11.7 Å². The third kappa shape index (κ3) is 7.41. The molecule has 29 heavy (non-hydrogen) atoms. The molecule has 0 saturated heterocycles. The van der Waals surface area contributed by atoms with Gasteiger partial charge in [-0.2, -0.15) is 0 Å². The van der Waals surface area contributed by atoms with Gasteiger partial charge in [0.05, 0.1) is 12.2 Å². The van der Waals surface area contributed by atoms with Crippen LogP contribution in [0.4, 0.5) is 0 Å². The Morgan fingerprint density at radius 3 is 2.31 bits per heavy atom. The van der Waals surface area contributed by atoms with Crippen molar-refractivity contribution in [2.75, 3.05) is 0 Å². The SMILES string of the molecule is CC(C)C[C@H](CC(=O)[C@H](Cc1ccccc1)NC(=O)c1cnccn1)C(C)(C)C. The van der Waals surface area contributed by atoms with Gasteiger partial charge in [0.2, 0.25) is 0 Å². The molecule has 2 rings (SSSR count). The van der Waals surface area contributed by atoms with Crippen molar-refractivity contribution in [2.24, 2.45) is 17.3 Å². The number of rotatable bonds is 9. The molecule has 5 heteroatoms. The number of hydrogen-bond donors (Lipinski definition) is 1. The van der Waals surface area contributed by atoms with Crippen LogP contribution in [-0.4, -0.2) is 27.7 Å². The molecule has 1 aromatic heterocycles. The van der Waals surface area contributed by atoms with E-state index in [9.17, 15) is 9.59 Å². The third-order valence-corrected chi connectivity index (χ3v) is 5.20. The summed E-state index contributed by atoms with van der Waals surface area (Å²) in [5.41, 5.74) is 1.25. The number of Topliss-reactive ketones (excluding diaryl/α,β-unsaturated/α-hetero) is 1. The summed E-state index contributed by atoms with van der Waals surface area (Å²) in [5, 5.41) is 2.90. The van der Waals surface area contributed by atoms with Crippen molar-refractivity contribution in [3.8, 4) is 0 Å². The van der Waals surface area contributed by atoms with Crippen LogP contribution in [0.2, 0.25) is 0 Å². The van der Waals surface area contributed by atoms with Crippen LogP contribution in [0, 0.1) is 17.3 Å². The number of benzene rings is 1. The lowest BCUT2D eigenvalue weighted by atomic mass is 9.73. The van der Waals surface area contributed by atoms with Crippen molar-refractivity contribution in [3.63, 3.8) is 0 Å². The van der Waals surface area contributed by atoms with E-state index in [1.54, 1.807) is 0 Å². The van der Waals surface area contributed by atoms with Gasteiger partial charge >= 0.3 is 0 Å². The van der Waals surface area contributed by atoms with Crippen molar-refractivity contribution < 1.29 is 9.59 Å². The number of carbonyl (C=O) groups is 2. The van der Waals surface area contributed by atoms with Crippen LogP contribution in [0.1, 0.15) is 63.5 Å². The highest BCUT2D eigenvalue weighted by Crippen LogP contribution is 2.34. The van der Waals surface area contributed by atoms with Gasteiger partial charge in [0.25, 0.3) is 5.91 Å². The zero-order valence-electron chi connectivity index (χ0n) is 18.2. The van der Waals surface area contributed by atoms with Crippen molar-refractivity contribution in [3.05, 3.63) is 60.2 Å². The largest absolute Gasteiger partial charge is 0.341 e. The Balaban J connectivity index is 2.20. The van der Waals surface area contributed by atoms with E-state index in [4.69, 9.17) is 0 Å². The lowest BCUT2D eigenvalue weighted by Crippen LogP contribution is -2.44. The number of hydrogen-bond acceptors (Lipinski definition) is 4. The number of amides is 1. The van der Waals surface area contributed by atoms with Crippen molar-refractivity contribution in [1.29, 1.82) is 0 Å². The van der Waals surface area contributed by atoms with Gasteiger partial charge in [0, 0.05) is 18.8 Å². The predicted octanol–water partition coefficient (Wildman–Crippen LogP) is 4.49. The molecule has 5 nitrogen and oxygen atoms in total. The highest BCUT2D eigenvalue weighted by Gasteiger charge is 2.31. The van der Waals surface area contributed by atoms with Gasteiger partial charge < -0.3 is 5.32 Å². The predicted molar refractivity (Wildman–Crippen MR) is 115 cm³/mol. The van der Waals surface area contributed by atoms with Gasteiger partial charge in [-0.15, -0.1) is 0 Å². The van der Waals surface area contributed by atoms with Crippen LogP contribution in [0.3, 0.4) is 0 Å². The summed E-state index contributed by atoms with van der Waals surface area (Å²) in [5.74, 6) is 0.450. The zero-order chi connectivity index (χ0) is 21.4. The zero-order valence-corrected chi connectivity index (χ0v) is 18.2. The molecule has 2 atom stereocenters. The normalized spacial score (nSPS) is 13.7. The molecule has 0 fully saturated rings. The van der Waals surface area contributed by atoms with Gasteiger partial charge in [0.15, 0.2) is 5.78 Å². The molecule has 0 unspecified atom stereocenters. The molecule has 1 amide bonds. The minimum Gasteiger partial charge on any atom is -0.341 e. The van der Waals surface area contributed by atoms with Crippen LogP contribution in [-0.2, 0) is 11.2 Å². The maximum Gasteiger partial charge on any atom is 0.272 e. The first-order valence-electron chi connectivity index (χ1n) is 10.3. The van der Waals surface area contributed by atoms with Crippen molar-refractivity contribution in [2.45, 2.75) is 59.9 Å². The first kappa shape index (κ1) is 22.7. The molecule has 1 aromatic carbocycles. The first-order valence-corrected chi connectivity index (χ1v) is 10.3. The molecule has 2 aromatic rings. The Morgan fingerprint density at radius 1 is 1.07 bits per heavy atom. The van der Waals surface area contributed by atoms with E-state index in [0.717, 1.165) is 12.0 Å². The van der Waals surface area contributed by atoms with Gasteiger partial charge in [0.1, 0.15) is 5.69 Å². The molecular formula is C24H33N3O2. The van der Waals surface area contributed by atoms with Crippen LogP contribution in [0.5, 0.6) is 0 Å². The fourth-order valence-electron chi connectivity index (χ4n) is 3.44. The molecule has 0 spiro atoms. The first-order chi connectivity index (χ1) is 13.7. The summed E-state index contributed by atoms with van der Waals surface area (Å²) >= 11 is 0. The second-order valence-electron chi connectivity index (χ2n) is 9.17. The Bertz CT molecular complexity index is 783. The fraction of sp³-hybridized carbons (Fsp3) is 0.500. The van der Waals surface area contributed by atoms with Gasteiger partial charge in [-0.1, -0.05) is 65.0 Å². The minimum atomic E-state index is -0.594. The summed E-state index contributed by atoms with van der Waals surface area (Å²) in [6.07, 6.45) is 6.29. The van der Waals surface area contributed by atoms with Crippen LogP contribution in [0.15, 0.2) is 48.9 Å². The van der Waals surface area contributed by atoms with Crippen LogP contribution < -0.4 is 5.32 Å². The minimum absolute atomic E-state index is 0.0200. The van der Waals surface area contributed by atoms with E-state index < -0.39 is 6.04 Å². The molecular weight excluding hydrogens is 362 g/mol. The molecule has 1 N–H and O–H groups in total. The summed E-state index contributed by atoms with van der Waals surface area (Å²) in [6, 6.07) is 9.19. The average molecular weight is 396 g/mol. The summed E-state index contributed by atoms with van der Waals surface area (Å²) in [6.45, 7) is 10.9. The molecule has 0 aliphatic heterocycles. The topological polar surface area (TPSA) is 72.0 Å². The second kappa shape index (κ2) is 10.3. The molecule has 1 heterocycles. The quantitative estimate of drug-likeness (QED) is 0.679. The van der Waals surface area contributed by atoms with Gasteiger partial charge in [-0.05, 0) is 35.7 Å². The summed E-state index contributed by atoms with van der Waals surface area (Å²) in [7, 11) is 0. The molecule has 0 saturated carbocycles. The fourth-order valence-corrected chi connectivity index (χ4v) is 3.44. The molecule has 0 aliphatic rings. The Labute approximate surface area is 174 Å². The molecule has 0 radical (unpaired) electrons. The van der Waals surface area contributed by atoms with E-state index in [2.05, 4.69) is 49.9 Å². The monoisotopic (exact) mass is 395 g/mol. The number of nitrogens with zero attached hydrogens (tertiary/aromatic N) is 2. The van der Waals surface area contributed by atoms with Crippen LogP contribution >= 0.6 is 0 Å². The molecule has 0 bridgehead atoms. The number of nitrogens with one attached hydrogen (secondary N) is 1. The second-order valence-corrected chi connectivity index (χ2v) is 9.17. The maximum atomic E-state index is 13.3. The number of ketones is 1. The van der Waals surface area contributed by atoms with Crippen molar-refractivity contribution in [1.82, 2.24) is 15.3 Å². The van der Waals surface area contributed by atoms with E-state index >= 15 is 0 Å². The lowest BCUT2D eigenvalue weighted by molar-refractivity contribution is -0.122. The molecule has 156 valence electrons.